The highest BCUT2D eigenvalue weighted by Crippen LogP contribution is 2.35. The summed E-state index contributed by atoms with van der Waals surface area (Å²) < 4.78 is 31.4. The van der Waals surface area contributed by atoms with Crippen molar-refractivity contribution in [2.45, 2.75) is 42.2 Å². The molecular formula is C16H16N2O3S. The molecule has 0 N–H and O–H groups in total. The van der Waals surface area contributed by atoms with Crippen LogP contribution in [0.5, 0.6) is 0 Å². The Labute approximate surface area is 129 Å². The van der Waals surface area contributed by atoms with Crippen LogP contribution in [0.3, 0.4) is 0 Å². The van der Waals surface area contributed by atoms with E-state index in [1.165, 1.54) is 12.5 Å². The molecule has 0 bridgehead atoms. The first kappa shape index (κ1) is 14.8. The zero-order valence-electron chi connectivity index (χ0n) is 12.0. The molecule has 5 nitrogen and oxygen atoms in total. The lowest BCUT2D eigenvalue weighted by molar-refractivity contribution is 0.483. The number of aromatic nitrogens is 1. The maximum Gasteiger partial charge on any atom is 0.184 e. The standard InChI is InChI=1S/C16H16N2O3S/c17-11-14-16(22(19,20)12-5-2-1-3-6-12)13(8-9-18-14)15-7-4-10-21-15/h4,7-10,12H,1-3,5-6H2. The maximum atomic E-state index is 13.1. The minimum absolute atomic E-state index is 0.0133. The summed E-state index contributed by atoms with van der Waals surface area (Å²) in [4.78, 5) is 3.96. The number of nitrogens with zero attached hydrogens (tertiary/aromatic N) is 2. The summed E-state index contributed by atoms with van der Waals surface area (Å²) in [6.07, 6.45) is 7.08. The number of rotatable bonds is 3. The van der Waals surface area contributed by atoms with Crippen molar-refractivity contribution in [2.24, 2.45) is 0 Å². The molecule has 0 spiro atoms. The number of pyridine rings is 1. The summed E-state index contributed by atoms with van der Waals surface area (Å²) in [5.41, 5.74) is 0.363. The highest BCUT2D eigenvalue weighted by Gasteiger charge is 2.34. The monoisotopic (exact) mass is 316 g/mol. The van der Waals surface area contributed by atoms with E-state index >= 15 is 0 Å². The van der Waals surface area contributed by atoms with E-state index in [1.807, 2.05) is 6.07 Å². The van der Waals surface area contributed by atoms with Gasteiger partial charge in [-0.1, -0.05) is 19.3 Å². The smallest absolute Gasteiger partial charge is 0.184 e. The molecule has 1 aliphatic rings. The van der Waals surface area contributed by atoms with Crippen LogP contribution in [0, 0.1) is 11.3 Å². The molecule has 22 heavy (non-hydrogen) atoms. The molecule has 0 atom stereocenters. The lowest BCUT2D eigenvalue weighted by atomic mass is 10.0. The van der Waals surface area contributed by atoms with Crippen LogP contribution in [0.25, 0.3) is 11.3 Å². The summed E-state index contributed by atoms with van der Waals surface area (Å²) in [5, 5.41) is 8.86. The molecule has 1 fully saturated rings. The van der Waals surface area contributed by atoms with Gasteiger partial charge in [-0.3, -0.25) is 0 Å². The fourth-order valence-corrected chi connectivity index (χ4v) is 5.11. The number of furan rings is 1. The third kappa shape index (κ3) is 2.53. The van der Waals surface area contributed by atoms with E-state index in [0.717, 1.165) is 19.3 Å². The van der Waals surface area contributed by atoms with Crippen LogP contribution in [-0.4, -0.2) is 18.7 Å². The Bertz CT molecular complexity index is 798. The van der Waals surface area contributed by atoms with Crippen molar-refractivity contribution in [1.82, 2.24) is 4.98 Å². The van der Waals surface area contributed by atoms with Crippen molar-refractivity contribution < 1.29 is 12.8 Å². The predicted octanol–water partition coefficient (Wildman–Crippen LogP) is 3.32. The first-order chi connectivity index (χ1) is 10.6. The molecule has 2 aromatic rings. The third-order valence-corrected chi connectivity index (χ3v) is 6.40. The molecule has 2 aromatic heterocycles. The molecule has 0 aromatic carbocycles. The zero-order valence-corrected chi connectivity index (χ0v) is 12.8. The van der Waals surface area contributed by atoms with Gasteiger partial charge in [-0.25, -0.2) is 13.4 Å². The lowest BCUT2D eigenvalue weighted by Gasteiger charge is -2.23. The summed E-state index contributed by atoms with van der Waals surface area (Å²) in [6, 6.07) is 6.89. The van der Waals surface area contributed by atoms with Crippen LogP contribution in [0.1, 0.15) is 37.8 Å². The van der Waals surface area contributed by atoms with Gasteiger partial charge in [0.25, 0.3) is 0 Å². The van der Waals surface area contributed by atoms with Crippen LogP contribution >= 0.6 is 0 Å². The summed E-state index contributed by atoms with van der Waals surface area (Å²) in [7, 11) is -3.61. The Balaban J connectivity index is 2.18. The molecule has 0 aliphatic heterocycles. The van der Waals surface area contributed by atoms with Crippen molar-refractivity contribution in [3.05, 3.63) is 36.4 Å². The molecule has 2 heterocycles. The molecule has 0 saturated heterocycles. The minimum atomic E-state index is -3.61. The third-order valence-electron chi connectivity index (χ3n) is 4.07. The fourth-order valence-electron chi connectivity index (χ4n) is 2.98. The predicted molar refractivity (Wildman–Crippen MR) is 80.7 cm³/mol. The number of sulfone groups is 1. The highest BCUT2D eigenvalue weighted by atomic mass is 32.2. The van der Waals surface area contributed by atoms with Crippen LogP contribution in [0.15, 0.2) is 40.0 Å². The molecule has 1 aliphatic carbocycles. The van der Waals surface area contributed by atoms with E-state index in [9.17, 15) is 13.7 Å². The minimum Gasteiger partial charge on any atom is -0.464 e. The Morgan fingerprint density at radius 1 is 1.23 bits per heavy atom. The summed E-state index contributed by atoms with van der Waals surface area (Å²) in [5.74, 6) is 0.438. The van der Waals surface area contributed by atoms with Crippen LogP contribution in [0.4, 0.5) is 0 Å². The van der Waals surface area contributed by atoms with Gasteiger partial charge in [0, 0.05) is 11.8 Å². The van der Waals surface area contributed by atoms with E-state index in [-0.39, 0.29) is 10.6 Å². The second kappa shape index (κ2) is 5.93. The number of hydrogen-bond donors (Lipinski definition) is 0. The van der Waals surface area contributed by atoms with Crippen LogP contribution in [-0.2, 0) is 9.84 Å². The van der Waals surface area contributed by atoms with Crippen molar-refractivity contribution in [3.63, 3.8) is 0 Å². The molecule has 0 unspecified atom stereocenters. The molecule has 0 radical (unpaired) electrons. The fraction of sp³-hybridized carbons (Fsp3) is 0.375. The van der Waals surface area contributed by atoms with Crippen LogP contribution < -0.4 is 0 Å². The molecule has 6 heteroatoms. The summed E-state index contributed by atoms with van der Waals surface area (Å²) >= 11 is 0. The topological polar surface area (TPSA) is 84.0 Å². The average Bonchev–Trinajstić information content (AvgIpc) is 3.09. The second-order valence-electron chi connectivity index (χ2n) is 5.43. The van der Waals surface area contributed by atoms with Crippen molar-refractivity contribution in [3.8, 4) is 17.4 Å². The first-order valence-electron chi connectivity index (χ1n) is 7.31. The SMILES string of the molecule is N#Cc1nccc(-c2ccco2)c1S(=O)(=O)C1CCCCC1. The average molecular weight is 316 g/mol. The Morgan fingerprint density at radius 3 is 2.64 bits per heavy atom. The Kier molecular flexibility index (Phi) is 3.99. The Morgan fingerprint density at radius 2 is 2.00 bits per heavy atom. The number of hydrogen-bond acceptors (Lipinski definition) is 5. The van der Waals surface area contributed by atoms with Gasteiger partial charge in [-0.15, -0.1) is 0 Å². The van der Waals surface area contributed by atoms with E-state index in [0.29, 0.717) is 24.2 Å². The largest absolute Gasteiger partial charge is 0.464 e. The van der Waals surface area contributed by atoms with Gasteiger partial charge in [-0.05, 0) is 31.0 Å². The zero-order chi connectivity index (χ0) is 15.6. The Hall–Kier alpha value is -2.13. The quantitative estimate of drug-likeness (QED) is 0.867. The van der Waals surface area contributed by atoms with E-state index < -0.39 is 15.1 Å². The van der Waals surface area contributed by atoms with E-state index in [2.05, 4.69) is 4.98 Å². The number of nitriles is 1. The maximum absolute atomic E-state index is 13.1. The van der Waals surface area contributed by atoms with Crippen LogP contribution in [0.2, 0.25) is 0 Å². The molecular weight excluding hydrogens is 300 g/mol. The highest BCUT2D eigenvalue weighted by molar-refractivity contribution is 7.92. The molecule has 1 saturated carbocycles. The van der Waals surface area contributed by atoms with Gasteiger partial charge in [0.15, 0.2) is 15.5 Å². The van der Waals surface area contributed by atoms with E-state index in [4.69, 9.17) is 4.42 Å². The summed E-state index contributed by atoms with van der Waals surface area (Å²) in [6.45, 7) is 0. The van der Waals surface area contributed by atoms with Gasteiger partial charge >= 0.3 is 0 Å². The van der Waals surface area contributed by atoms with E-state index in [1.54, 1.807) is 18.2 Å². The molecule has 3 rings (SSSR count). The van der Waals surface area contributed by atoms with Gasteiger partial charge in [0.2, 0.25) is 0 Å². The van der Waals surface area contributed by atoms with Gasteiger partial charge in [-0.2, -0.15) is 5.26 Å². The van der Waals surface area contributed by atoms with Crippen molar-refractivity contribution >= 4 is 9.84 Å². The second-order valence-corrected chi connectivity index (χ2v) is 7.60. The molecule has 114 valence electrons. The normalized spacial score (nSPS) is 16.3. The lowest BCUT2D eigenvalue weighted by Crippen LogP contribution is -2.25. The van der Waals surface area contributed by atoms with Gasteiger partial charge < -0.3 is 4.42 Å². The first-order valence-corrected chi connectivity index (χ1v) is 8.86. The van der Waals surface area contributed by atoms with Gasteiger partial charge in [0.1, 0.15) is 16.7 Å². The van der Waals surface area contributed by atoms with Crippen molar-refractivity contribution in [1.29, 1.82) is 5.26 Å². The van der Waals surface area contributed by atoms with Crippen molar-refractivity contribution in [2.75, 3.05) is 0 Å². The van der Waals surface area contributed by atoms with Gasteiger partial charge in [0.05, 0.1) is 11.5 Å². The molecule has 0 amide bonds.